The Balaban J connectivity index is 1.65. The van der Waals surface area contributed by atoms with Gasteiger partial charge in [-0.2, -0.15) is 13.2 Å². The van der Waals surface area contributed by atoms with Crippen molar-refractivity contribution in [3.05, 3.63) is 59.4 Å². The van der Waals surface area contributed by atoms with Crippen LogP contribution in [0.1, 0.15) is 11.1 Å². The highest BCUT2D eigenvalue weighted by molar-refractivity contribution is 5.82. The molecule has 0 aromatic heterocycles. The predicted octanol–water partition coefficient (Wildman–Crippen LogP) is 3.39. The van der Waals surface area contributed by atoms with Gasteiger partial charge in [0.25, 0.3) is 0 Å². The summed E-state index contributed by atoms with van der Waals surface area (Å²) in [6, 6.07) is 10.00. The van der Waals surface area contributed by atoms with E-state index in [4.69, 9.17) is 0 Å². The Morgan fingerprint density at radius 2 is 1.88 bits per heavy atom. The molecule has 0 saturated carbocycles. The van der Waals surface area contributed by atoms with E-state index in [1.165, 1.54) is 12.1 Å². The molecule has 5 nitrogen and oxygen atoms in total. The van der Waals surface area contributed by atoms with E-state index in [0.29, 0.717) is 44.0 Å². The number of halogens is 4. The van der Waals surface area contributed by atoms with Crippen LogP contribution in [0.5, 0.6) is 0 Å². The Morgan fingerprint density at radius 3 is 2.58 bits per heavy atom. The van der Waals surface area contributed by atoms with Crippen LogP contribution in [0, 0.1) is 11.7 Å². The maximum Gasteiger partial charge on any atom is 0.416 e. The van der Waals surface area contributed by atoms with E-state index in [1.54, 1.807) is 18.2 Å². The number of nitrogens with one attached hydrogen (secondary N) is 1. The van der Waals surface area contributed by atoms with Crippen molar-refractivity contribution in [2.24, 2.45) is 5.92 Å². The molecule has 0 aliphatic carbocycles. The summed E-state index contributed by atoms with van der Waals surface area (Å²) in [5.74, 6) is -1.06. The average Bonchev–Trinajstić information content (AvgIpc) is 2.77. The van der Waals surface area contributed by atoms with E-state index in [2.05, 4.69) is 5.32 Å². The summed E-state index contributed by atoms with van der Waals surface area (Å²) < 4.78 is 54.4. The van der Waals surface area contributed by atoms with Gasteiger partial charge in [-0.15, -0.1) is 0 Å². The fraction of sp³-hybridized carbons (Fsp3) is 0.458. The van der Waals surface area contributed by atoms with E-state index in [1.807, 2.05) is 28.8 Å². The summed E-state index contributed by atoms with van der Waals surface area (Å²) in [6.07, 6.45) is -4.24. The molecule has 2 aromatic rings. The second kappa shape index (κ2) is 9.21. The van der Waals surface area contributed by atoms with Gasteiger partial charge in [-0.25, -0.2) is 4.39 Å². The van der Waals surface area contributed by atoms with E-state index in [9.17, 15) is 22.4 Å². The zero-order chi connectivity index (χ0) is 23.8. The molecule has 9 heteroatoms. The summed E-state index contributed by atoms with van der Waals surface area (Å²) in [5, 5.41) is 2.94. The smallest absolute Gasteiger partial charge is 0.365 e. The monoisotopic (exact) mass is 464 g/mol. The zero-order valence-corrected chi connectivity index (χ0v) is 18.7. The van der Waals surface area contributed by atoms with Gasteiger partial charge in [-0.3, -0.25) is 4.79 Å². The minimum Gasteiger partial charge on any atom is -0.365 e. The molecule has 2 atom stereocenters. The normalized spacial score (nSPS) is 20.5. The Bertz CT molecular complexity index is 1010. The lowest BCUT2D eigenvalue weighted by Crippen LogP contribution is -2.61. The van der Waals surface area contributed by atoms with Crippen LogP contribution in [0.15, 0.2) is 42.5 Å². The number of hydrogen-bond acceptors (Lipinski definition) is 4. The molecule has 0 spiro atoms. The summed E-state index contributed by atoms with van der Waals surface area (Å²) >= 11 is 0. The van der Waals surface area contributed by atoms with Gasteiger partial charge in [0.2, 0.25) is 5.91 Å². The molecule has 1 saturated heterocycles. The van der Waals surface area contributed by atoms with Crippen molar-refractivity contribution in [2.75, 3.05) is 56.6 Å². The quantitative estimate of drug-likeness (QED) is 0.689. The van der Waals surface area contributed by atoms with E-state index in [0.717, 1.165) is 17.8 Å². The molecule has 2 aliphatic rings. The van der Waals surface area contributed by atoms with Crippen LogP contribution >= 0.6 is 0 Å². The second-order valence-corrected chi connectivity index (χ2v) is 8.90. The number of amides is 1. The Hall–Kier alpha value is -2.81. The van der Waals surface area contributed by atoms with Crippen molar-refractivity contribution in [3.63, 3.8) is 0 Å². The number of nitrogens with zero attached hydrogens (tertiary/aromatic N) is 3. The molecule has 1 N–H and O–H groups in total. The third-order valence-corrected chi connectivity index (χ3v) is 6.43. The van der Waals surface area contributed by atoms with Crippen molar-refractivity contribution in [3.8, 4) is 0 Å². The maximum atomic E-state index is 14.4. The van der Waals surface area contributed by atoms with Gasteiger partial charge in [0.05, 0.1) is 23.2 Å². The summed E-state index contributed by atoms with van der Waals surface area (Å²) in [5.41, 5.74) is 1.00. The summed E-state index contributed by atoms with van der Waals surface area (Å²) in [4.78, 5) is 19.1. The lowest BCUT2D eigenvalue weighted by atomic mass is 9.82. The third-order valence-electron chi connectivity index (χ3n) is 6.43. The van der Waals surface area contributed by atoms with Crippen LogP contribution in [0.3, 0.4) is 0 Å². The fourth-order valence-electron chi connectivity index (χ4n) is 4.76. The highest BCUT2D eigenvalue weighted by atomic mass is 19.4. The molecule has 0 bridgehead atoms. The van der Waals surface area contributed by atoms with Crippen molar-refractivity contribution in [2.45, 2.75) is 18.6 Å². The number of para-hydroxylation sites is 1. The van der Waals surface area contributed by atoms with Gasteiger partial charge in [0, 0.05) is 38.4 Å². The van der Waals surface area contributed by atoms with E-state index in [-0.39, 0.29) is 24.2 Å². The fourth-order valence-corrected chi connectivity index (χ4v) is 4.76. The highest BCUT2D eigenvalue weighted by Crippen LogP contribution is 2.40. The maximum absolute atomic E-state index is 14.4. The Morgan fingerprint density at radius 1 is 1.12 bits per heavy atom. The molecule has 2 aliphatic heterocycles. The van der Waals surface area contributed by atoms with Gasteiger partial charge in [-0.1, -0.05) is 12.1 Å². The molecule has 4 rings (SSSR count). The summed E-state index contributed by atoms with van der Waals surface area (Å²) in [6.45, 7) is 2.50. The topological polar surface area (TPSA) is 38.8 Å². The Labute approximate surface area is 191 Å². The highest BCUT2D eigenvalue weighted by Gasteiger charge is 2.43. The third kappa shape index (κ3) is 4.93. The number of benzene rings is 2. The molecule has 2 aromatic carbocycles. The van der Waals surface area contributed by atoms with Gasteiger partial charge in [-0.05, 0) is 56.4 Å². The van der Waals surface area contributed by atoms with Crippen molar-refractivity contribution in [1.82, 2.24) is 10.2 Å². The molecule has 2 heterocycles. The average molecular weight is 465 g/mol. The minimum absolute atomic E-state index is 0.190. The largest absolute Gasteiger partial charge is 0.416 e. The molecular weight excluding hydrogens is 436 g/mol. The van der Waals surface area contributed by atoms with E-state index < -0.39 is 17.7 Å². The number of carbonyl (C=O) groups is 1. The van der Waals surface area contributed by atoms with Crippen molar-refractivity contribution >= 4 is 17.3 Å². The first-order valence-electron chi connectivity index (χ1n) is 11.0. The number of hydrogen-bond donors (Lipinski definition) is 1. The number of rotatable bonds is 5. The van der Waals surface area contributed by atoms with Crippen molar-refractivity contribution < 1.29 is 22.4 Å². The SMILES string of the molecule is CN(C)CCNC(=O)[C@H]1Cc2cc(C(F)(F)F)ccc2N2CCN(c3ccccc3F)C[C@H]12. The van der Waals surface area contributed by atoms with Crippen LogP contribution in [-0.2, 0) is 17.4 Å². The molecular formula is C24H28F4N4O. The molecule has 1 fully saturated rings. The summed E-state index contributed by atoms with van der Waals surface area (Å²) in [7, 11) is 3.80. The number of piperazine rings is 1. The number of likely N-dealkylation sites (N-methyl/N-ethyl adjacent to an activating group) is 1. The van der Waals surface area contributed by atoms with Crippen LogP contribution in [-0.4, -0.2) is 63.7 Å². The first-order valence-corrected chi connectivity index (χ1v) is 11.0. The number of fused-ring (bicyclic) bond motifs is 3. The first kappa shape index (κ1) is 23.4. The number of carbonyl (C=O) groups excluding carboxylic acids is 1. The lowest BCUT2D eigenvalue weighted by Gasteiger charge is -2.49. The standard InChI is InChI=1S/C24H28F4N4O/c1-30(2)10-9-29-23(33)18-14-16-13-17(24(26,27)28)7-8-20(16)32-12-11-31(15-22(18)32)21-6-4-3-5-19(21)25/h3-8,13,18,22H,9-12,14-15H2,1-2H3,(H,29,33)/t18-,22+/m0/s1. The minimum atomic E-state index is -4.45. The van der Waals surface area contributed by atoms with Gasteiger partial charge in [0.1, 0.15) is 5.82 Å². The predicted molar refractivity (Wildman–Crippen MR) is 120 cm³/mol. The molecule has 1 amide bonds. The van der Waals surface area contributed by atoms with Crippen LogP contribution in [0.25, 0.3) is 0 Å². The van der Waals surface area contributed by atoms with Crippen LogP contribution < -0.4 is 15.1 Å². The molecule has 178 valence electrons. The van der Waals surface area contributed by atoms with Crippen LogP contribution in [0.2, 0.25) is 0 Å². The van der Waals surface area contributed by atoms with E-state index >= 15 is 0 Å². The Kier molecular flexibility index (Phi) is 6.52. The molecule has 0 radical (unpaired) electrons. The first-order chi connectivity index (χ1) is 15.6. The van der Waals surface area contributed by atoms with Crippen LogP contribution in [0.4, 0.5) is 28.9 Å². The lowest BCUT2D eigenvalue weighted by molar-refractivity contribution is -0.137. The van der Waals surface area contributed by atoms with Crippen molar-refractivity contribution in [1.29, 1.82) is 0 Å². The van der Waals surface area contributed by atoms with Gasteiger partial charge in [0.15, 0.2) is 0 Å². The molecule has 33 heavy (non-hydrogen) atoms. The van der Waals surface area contributed by atoms with Gasteiger partial charge >= 0.3 is 6.18 Å². The zero-order valence-electron chi connectivity index (χ0n) is 18.7. The van der Waals surface area contributed by atoms with Gasteiger partial charge < -0.3 is 20.0 Å². The number of alkyl halides is 3. The second-order valence-electron chi connectivity index (χ2n) is 8.90. The number of anilines is 2. The molecule has 0 unspecified atom stereocenters.